The zero-order valence-electron chi connectivity index (χ0n) is 12.9. The van der Waals surface area contributed by atoms with E-state index in [0.717, 1.165) is 23.8 Å². The minimum atomic E-state index is -0.0952. The third-order valence-corrected chi connectivity index (χ3v) is 5.71. The molecule has 2 fully saturated rings. The van der Waals surface area contributed by atoms with Gasteiger partial charge in [0.05, 0.1) is 0 Å². The summed E-state index contributed by atoms with van der Waals surface area (Å²) in [4.78, 5) is 11.7. The molecule has 2 nitrogen and oxygen atoms in total. The van der Waals surface area contributed by atoms with Gasteiger partial charge in [0.2, 0.25) is 0 Å². The Kier molecular flexibility index (Phi) is 4.28. The monoisotopic (exact) mass is 274 g/mol. The van der Waals surface area contributed by atoms with Gasteiger partial charge in [0.25, 0.3) is 0 Å². The fourth-order valence-corrected chi connectivity index (χ4v) is 4.65. The lowest BCUT2D eigenvalue weighted by Crippen LogP contribution is -2.48. The maximum Gasteiger partial charge on any atom is 0.333 e. The predicted octanol–water partition coefficient (Wildman–Crippen LogP) is 3.96. The Hall–Kier alpha value is -1.23. The van der Waals surface area contributed by atoms with Crippen LogP contribution in [0.1, 0.15) is 52.9 Å². The molecule has 1 aliphatic heterocycles. The summed E-state index contributed by atoms with van der Waals surface area (Å²) in [7, 11) is 0. The molecule has 110 valence electrons. The summed E-state index contributed by atoms with van der Waals surface area (Å²) < 4.78 is 5.64. The first-order valence-corrected chi connectivity index (χ1v) is 7.72. The molecular weight excluding hydrogens is 248 g/mol. The van der Waals surface area contributed by atoms with Crippen LogP contribution in [0.25, 0.3) is 0 Å². The van der Waals surface area contributed by atoms with Gasteiger partial charge in [0, 0.05) is 11.5 Å². The normalized spacial score (nSPS) is 43.0. The van der Waals surface area contributed by atoms with Crippen molar-refractivity contribution in [2.24, 2.45) is 23.2 Å². The molecule has 0 aromatic rings. The molecule has 3 rings (SSSR count). The Bertz CT molecular complexity index is 434. The highest BCUT2D eigenvalue weighted by Gasteiger charge is 2.49. The van der Waals surface area contributed by atoms with Crippen LogP contribution in [0, 0.1) is 36.0 Å². The highest BCUT2D eigenvalue weighted by atomic mass is 16.5. The van der Waals surface area contributed by atoms with Crippen molar-refractivity contribution in [2.45, 2.75) is 59.0 Å². The molecule has 0 bridgehead atoms. The first-order valence-electron chi connectivity index (χ1n) is 7.72. The molecule has 1 heterocycles. The smallest absolute Gasteiger partial charge is 0.333 e. The van der Waals surface area contributed by atoms with Crippen molar-refractivity contribution in [2.75, 3.05) is 0 Å². The number of carbonyl (C=O) groups is 1. The first kappa shape index (κ1) is 15.2. The van der Waals surface area contributed by atoms with Gasteiger partial charge in [0.15, 0.2) is 0 Å². The molecule has 3 unspecified atom stereocenters. The fourth-order valence-electron chi connectivity index (χ4n) is 4.65. The number of esters is 1. The molecule has 0 radical (unpaired) electrons. The van der Waals surface area contributed by atoms with E-state index < -0.39 is 0 Å². The highest BCUT2D eigenvalue weighted by Crippen LogP contribution is 2.55. The summed E-state index contributed by atoms with van der Waals surface area (Å²) in [6, 6.07) is 0. The summed E-state index contributed by atoms with van der Waals surface area (Å²) in [6.45, 7) is 6.72. The second-order valence-electron chi connectivity index (χ2n) is 7.03. The lowest BCUT2D eigenvalue weighted by Gasteiger charge is -2.53. The van der Waals surface area contributed by atoms with Crippen LogP contribution in [-0.4, -0.2) is 12.1 Å². The minimum absolute atomic E-state index is 0.0952. The fraction of sp³-hybridized carbons (Fsp3) is 0.722. The van der Waals surface area contributed by atoms with Gasteiger partial charge in [-0.3, -0.25) is 0 Å². The van der Waals surface area contributed by atoms with Crippen molar-refractivity contribution in [3.05, 3.63) is 11.6 Å². The van der Waals surface area contributed by atoms with Crippen LogP contribution in [0.15, 0.2) is 11.6 Å². The average molecular weight is 274 g/mol. The van der Waals surface area contributed by atoms with Gasteiger partial charge in [-0.15, -0.1) is 12.8 Å². The van der Waals surface area contributed by atoms with Crippen molar-refractivity contribution >= 4 is 5.97 Å². The molecule has 2 saturated carbocycles. The number of fused-ring (bicyclic) bond motifs is 2. The molecule has 0 aromatic heterocycles. The van der Waals surface area contributed by atoms with Crippen molar-refractivity contribution < 1.29 is 9.53 Å². The number of hydrogen-bond donors (Lipinski definition) is 0. The summed E-state index contributed by atoms with van der Waals surface area (Å²) >= 11 is 0. The van der Waals surface area contributed by atoms with Gasteiger partial charge >= 0.3 is 5.97 Å². The second-order valence-corrected chi connectivity index (χ2v) is 7.03. The Labute approximate surface area is 123 Å². The lowest BCUT2D eigenvalue weighted by molar-refractivity contribution is -0.157. The van der Waals surface area contributed by atoms with Crippen LogP contribution in [0.2, 0.25) is 0 Å². The summed E-state index contributed by atoms with van der Waals surface area (Å²) in [6.07, 6.45) is 16.6. The SMILES string of the molecule is C#C.CC1=CC2CC3C(C)CCC[C@]3(C)C[C@H]2OC1=O. The Morgan fingerprint density at radius 2 is 2.10 bits per heavy atom. The van der Waals surface area contributed by atoms with E-state index in [1.165, 1.54) is 25.7 Å². The molecule has 2 heteroatoms. The maximum absolute atomic E-state index is 11.7. The van der Waals surface area contributed by atoms with Gasteiger partial charge in [0.1, 0.15) is 6.10 Å². The molecule has 20 heavy (non-hydrogen) atoms. The standard InChI is InChI=1S/C16H24O2.C2H2/c1-10-5-4-6-16(3)9-14-12(8-13(10)16)7-11(2)15(17)18-14;1-2/h7,10,12-14H,4-6,8-9H2,1-3H3;1-2H/t10?,12?,13?,14-,16-;/m1./s1. The molecule has 0 spiro atoms. The topological polar surface area (TPSA) is 26.3 Å². The van der Waals surface area contributed by atoms with Crippen molar-refractivity contribution in [3.8, 4) is 12.8 Å². The number of carbonyl (C=O) groups excluding carboxylic acids is 1. The van der Waals surface area contributed by atoms with E-state index in [2.05, 4.69) is 32.8 Å². The Morgan fingerprint density at radius 1 is 1.40 bits per heavy atom. The molecular formula is C18H26O2. The van der Waals surface area contributed by atoms with E-state index in [1.54, 1.807) is 0 Å². The maximum atomic E-state index is 11.7. The van der Waals surface area contributed by atoms with Crippen LogP contribution in [0.3, 0.4) is 0 Å². The lowest BCUT2D eigenvalue weighted by atomic mass is 9.54. The third kappa shape index (κ3) is 2.51. The van der Waals surface area contributed by atoms with Crippen LogP contribution in [0.5, 0.6) is 0 Å². The van der Waals surface area contributed by atoms with E-state index in [-0.39, 0.29) is 12.1 Å². The number of ether oxygens (including phenoxy) is 1. The van der Waals surface area contributed by atoms with Crippen molar-refractivity contribution in [1.29, 1.82) is 0 Å². The minimum Gasteiger partial charge on any atom is -0.458 e. The second kappa shape index (κ2) is 5.64. The van der Waals surface area contributed by atoms with E-state index in [4.69, 9.17) is 4.74 Å². The quantitative estimate of drug-likeness (QED) is 0.493. The summed E-state index contributed by atoms with van der Waals surface area (Å²) in [5.41, 5.74) is 1.21. The zero-order valence-corrected chi connectivity index (χ0v) is 12.9. The van der Waals surface area contributed by atoms with Crippen molar-refractivity contribution in [3.63, 3.8) is 0 Å². The number of hydrogen-bond acceptors (Lipinski definition) is 2. The van der Waals surface area contributed by atoms with E-state index in [9.17, 15) is 4.79 Å². The van der Waals surface area contributed by atoms with Crippen molar-refractivity contribution in [1.82, 2.24) is 0 Å². The summed E-state index contributed by atoms with van der Waals surface area (Å²) in [5, 5.41) is 0. The predicted molar refractivity (Wildman–Crippen MR) is 80.9 cm³/mol. The molecule has 0 N–H and O–H groups in total. The van der Waals surface area contributed by atoms with Gasteiger partial charge in [-0.1, -0.05) is 32.8 Å². The molecule has 0 saturated heterocycles. The molecule has 3 aliphatic rings. The molecule has 2 aliphatic carbocycles. The number of rotatable bonds is 0. The van der Waals surface area contributed by atoms with Gasteiger partial charge in [-0.2, -0.15) is 0 Å². The van der Waals surface area contributed by atoms with Crippen LogP contribution in [-0.2, 0) is 9.53 Å². The molecule has 0 amide bonds. The highest BCUT2D eigenvalue weighted by molar-refractivity contribution is 5.88. The Morgan fingerprint density at radius 3 is 2.80 bits per heavy atom. The van der Waals surface area contributed by atoms with Gasteiger partial charge < -0.3 is 4.74 Å². The van der Waals surface area contributed by atoms with Gasteiger partial charge in [-0.05, 0) is 43.4 Å². The average Bonchev–Trinajstić information content (AvgIpc) is 2.41. The third-order valence-electron chi connectivity index (χ3n) is 5.71. The van der Waals surface area contributed by atoms with Crippen LogP contribution >= 0.6 is 0 Å². The number of terminal acetylenes is 1. The van der Waals surface area contributed by atoms with Crippen LogP contribution in [0.4, 0.5) is 0 Å². The van der Waals surface area contributed by atoms with Crippen LogP contribution < -0.4 is 0 Å². The first-order chi connectivity index (χ1) is 9.49. The summed E-state index contributed by atoms with van der Waals surface area (Å²) in [5.74, 6) is 2.02. The van der Waals surface area contributed by atoms with E-state index in [0.29, 0.717) is 11.3 Å². The van der Waals surface area contributed by atoms with E-state index in [1.807, 2.05) is 6.92 Å². The largest absolute Gasteiger partial charge is 0.458 e. The van der Waals surface area contributed by atoms with Gasteiger partial charge in [-0.25, -0.2) is 4.79 Å². The Balaban J connectivity index is 0.000000704. The molecule has 5 atom stereocenters. The van der Waals surface area contributed by atoms with E-state index >= 15 is 0 Å². The molecule has 0 aromatic carbocycles. The zero-order chi connectivity index (χ0) is 14.9.